The van der Waals surface area contributed by atoms with Gasteiger partial charge in [0, 0.05) is 13.1 Å². The first-order chi connectivity index (χ1) is 11.5. The number of aromatic nitrogens is 2. The molecule has 2 aromatic heterocycles. The Kier molecular flexibility index (Phi) is 4.76. The van der Waals surface area contributed by atoms with Crippen LogP contribution < -0.4 is 5.56 Å². The van der Waals surface area contributed by atoms with E-state index in [0.29, 0.717) is 30.0 Å². The van der Waals surface area contributed by atoms with E-state index in [0.717, 1.165) is 5.56 Å². The molecule has 6 heteroatoms. The van der Waals surface area contributed by atoms with Gasteiger partial charge in [0.15, 0.2) is 5.69 Å². The molecule has 0 radical (unpaired) electrons. The van der Waals surface area contributed by atoms with E-state index in [1.165, 1.54) is 0 Å². The third kappa shape index (κ3) is 3.54. The van der Waals surface area contributed by atoms with Crippen molar-refractivity contribution >= 4 is 28.3 Å². The lowest BCUT2D eigenvalue weighted by Gasteiger charge is -2.23. The Labute approximate surface area is 144 Å². The summed E-state index contributed by atoms with van der Waals surface area (Å²) in [5.74, 6) is -0.0333. The van der Waals surface area contributed by atoms with Crippen molar-refractivity contribution in [1.29, 1.82) is 0 Å². The fourth-order valence-electron chi connectivity index (χ4n) is 2.59. The minimum Gasteiger partial charge on any atom is -0.333 e. The normalized spacial score (nSPS) is 11.1. The maximum Gasteiger partial charge on any atom is 0.280 e. The average molecular weight is 341 g/mol. The number of nitrogens with one attached hydrogen (secondary N) is 1. The summed E-state index contributed by atoms with van der Waals surface area (Å²) in [4.78, 5) is 34.0. The number of fused-ring (bicyclic) bond motifs is 1. The van der Waals surface area contributed by atoms with Gasteiger partial charge in [0.2, 0.25) is 0 Å². The first kappa shape index (κ1) is 16.4. The molecule has 1 aromatic carbocycles. The monoisotopic (exact) mass is 341 g/mol. The number of H-pyrrole nitrogens is 1. The predicted octanol–water partition coefficient (Wildman–Crippen LogP) is 3.28. The fourth-order valence-corrected chi connectivity index (χ4v) is 3.25. The van der Waals surface area contributed by atoms with Gasteiger partial charge < -0.3 is 9.88 Å². The fraction of sp³-hybridized carbons (Fsp3) is 0.278. The average Bonchev–Trinajstić information content (AvgIpc) is 3.05. The Hall–Kier alpha value is -2.47. The van der Waals surface area contributed by atoms with E-state index in [4.69, 9.17) is 0 Å². The van der Waals surface area contributed by atoms with Gasteiger partial charge in [0.25, 0.3) is 11.5 Å². The molecule has 0 saturated heterocycles. The Bertz CT molecular complexity index is 900. The van der Waals surface area contributed by atoms with Crippen LogP contribution in [0.25, 0.3) is 11.0 Å². The van der Waals surface area contributed by atoms with Crippen molar-refractivity contribution in [1.82, 2.24) is 14.9 Å². The van der Waals surface area contributed by atoms with Gasteiger partial charge in [-0.1, -0.05) is 26.0 Å². The molecule has 0 spiro atoms. The quantitative estimate of drug-likeness (QED) is 0.774. The molecule has 0 aliphatic rings. The first-order valence-corrected chi connectivity index (χ1v) is 8.78. The van der Waals surface area contributed by atoms with Crippen LogP contribution in [0.15, 0.2) is 45.9 Å². The number of benzene rings is 1. The zero-order valence-corrected chi connectivity index (χ0v) is 14.5. The van der Waals surface area contributed by atoms with Crippen LogP contribution in [0.1, 0.15) is 29.9 Å². The lowest BCUT2D eigenvalue weighted by Crippen LogP contribution is -2.37. The maximum atomic E-state index is 12.9. The summed E-state index contributed by atoms with van der Waals surface area (Å²) < 4.78 is 0. The van der Waals surface area contributed by atoms with Crippen LogP contribution in [0.5, 0.6) is 0 Å². The lowest BCUT2D eigenvalue weighted by molar-refractivity contribution is 0.0715. The maximum absolute atomic E-state index is 12.9. The lowest BCUT2D eigenvalue weighted by atomic mass is 10.1. The van der Waals surface area contributed by atoms with Crippen LogP contribution in [0.4, 0.5) is 0 Å². The van der Waals surface area contributed by atoms with E-state index in [-0.39, 0.29) is 11.6 Å². The second-order valence-electron chi connectivity index (χ2n) is 6.14. The molecule has 3 rings (SSSR count). The number of rotatable bonds is 5. The highest BCUT2D eigenvalue weighted by Crippen LogP contribution is 2.14. The van der Waals surface area contributed by atoms with Crippen LogP contribution in [0, 0.1) is 5.92 Å². The molecular formula is C18H19N3O2S. The van der Waals surface area contributed by atoms with E-state index in [1.54, 1.807) is 28.4 Å². The van der Waals surface area contributed by atoms with Crippen molar-refractivity contribution in [2.75, 3.05) is 6.54 Å². The van der Waals surface area contributed by atoms with E-state index >= 15 is 0 Å². The van der Waals surface area contributed by atoms with Gasteiger partial charge in [-0.2, -0.15) is 11.3 Å². The summed E-state index contributed by atoms with van der Waals surface area (Å²) in [5.41, 5.74) is 1.81. The zero-order valence-electron chi connectivity index (χ0n) is 13.7. The third-order valence-corrected chi connectivity index (χ3v) is 4.36. The summed E-state index contributed by atoms with van der Waals surface area (Å²) in [5, 5.41) is 3.99. The summed E-state index contributed by atoms with van der Waals surface area (Å²) in [6.45, 7) is 5.15. The SMILES string of the molecule is CC(C)CN(Cc1ccsc1)C(=O)c1nc2ccccc2[nH]c1=O. The van der Waals surface area contributed by atoms with Gasteiger partial charge in [0.1, 0.15) is 0 Å². The molecule has 5 nitrogen and oxygen atoms in total. The number of amides is 1. The highest BCUT2D eigenvalue weighted by molar-refractivity contribution is 7.07. The first-order valence-electron chi connectivity index (χ1n) is 7.84. The molecule has 124 valence electrons. The number of carbonyl (C=O) groups excluding carboxylic acids is 1. The molecule has 0 unspecified atom stereocenters. The van der Waals surface area contributed by atoms with Crippen molar-refractivity contribution in [3.63, 3.8) is 0 Å². The molecule has 3 aromatic rings. The highest BCUT2D eigenvalue weighted by atomic mass is 32.1. The summed E-state index contributed by atoms with van der Waals surface area (Å²) in [7, 11) is 0. The number of para-hydroxylation sites is 2. The van der Waals surface area contributed by atoms with Crippen LogP contribution in [-0.2, 0) is 6.54 Å². The largest absolute Gasteiger partial charge is 0.333 e. The number of nitrogens with zero attached hydrogens (tertiary/aromatic N) is 2. The number of hydrogen-bond acceptors (Lipinski definition) is 4. The molecule has 0 bridgehead atoms. The van der Waals surface area contributed by atoms with Crippen LogP contribution >= 0.6 is 11.3 Å². The summed E-state index contributed by atoms with van der Waals surface area (Å²) >= 11 is 1.59. The molecule has 0 fully saturated rings. The van der Waals surface area contributed by atoms with E-state index in [2.05, 4.69) is 9.97 Å². The van der Waals surface area contributed by atoms with Crippen molar-refractivity contribution in [3.8, 4) is 0 Å². The van der Waals surface area contributed by atoms with Gasteiger partial charge in [-0.05, 0) is 40.4 Å². The van der Waals surface area contributed by atoms with Crippen LogP contribution in [0.2, 0.25) is 0 Å². The minimum atomic E-state index is -0.447. The topological polar surface area (TPSA) is 66.1 Å². The van der Waals surface area contributed by atoms with Gasteiger partial charge in [-0.15, -0.1) is 0 Å². The second-order valence-corrected chi connectivity index (χ2v) is 6.92. The standard InChI is InChI=1S/C18H19N3O2S/c1-12(2)9-21(10-13-7-8-24-11-13)18(23)16-17(22)20-15-6-4-3-5-14(15)19-16/h3-8,11-12H,9-10H2,1-2H3,(H,20,22). The smallest absolute Gasteiger partial charge is 0.280 e. The van der Waals surface area contributed by atoms with E-state index in [9.17, 15) is 9.59 Å². The molecule has 2 heterocycles. The van der Waals surface area contributed by atoms with Crippen molar-refractivity contribution in [3.05, 3.63) is 62.7 Å². The Morgan fingerprint density at radius 3 is 2.79 bits per heavy atom. The van der Waals surface area contributed by atoms with Gasteiger partial charge in [-0.25, -0.2) is 4.98 Å². The highest BCUT2D eigenvalue weighted by Gasteiger charge is 2.22. The van der Waals surface area contributed by atoms with Crippen molar-refractivity contribution in [2.45, 2.75) is 20.4 Å². The minimum absolute atomic E-state index is 0.0513. The Balaban J connectivity index is 1.97. The van der Waals surface area contributed by atoms with Gasteiger partial charge in [-0.3, -0.25) is 9.59 Å². The number of carbonyl (C=O) groups is 1. The third-order valence-electron chi connectivity index (χ3n) is 3.63. The zero-order chi connectivity index (χ0) is 17.1. The van der Waals surface area contributed by atoms with Gasteiger partial charge >= 0.3 is 0 Å². The molecule has 0 saturated carbocycles. The van der Waals surface area contributed by atoms with E-state index < -0.39 is 5.56 Å². The molecule has 0 aliphatic carbocycles. The summed E-state index contributed by atoms with van der Waals surface area (Å²) in [6, 6.07) is 9.20. The molecule has 1 N–H and O–H groups in total. The van der Waals surface area contributed by atoms with Crippen molar-refractivity contribution in [2.24, 2.45) is 5.92 Å². The van der Waals surface area contributed by atoms with Crippen LogP contribution in [0.3, 0.4) is 0 Å². The number of aromatic amines is 1. The summed E-state index contributed by atoms with van der Waals surface area (Å²) in [6.07, 6.45) is 0. The molecule has 1 amide bonds. The molecule has 24 heavy (non-hydrogen) atoms. The van der Waals surface area contributed by atoms with Crippen LogP contribution in [-0.4, -0.2) is 27.3 Å². The van der Waals surface area contributed by atoms with Gasteiger partial charge in [0.05, 0.1) is 11.0 Å². The van der Waals surface area contributed by atoms with E-state index in [1.807, 2.05) is 42.8 Å². The second kappa shape index (κ2) is 6.97. The Morgan fingerprint density at radius 1 is 1.29 bits per heavy atom. The molecule has 0 aliphatic heterocycles. The molecular weight excluding hydrogens is 322 g/mol. The Morgan fingerprint density at radius 2 is 2.08 bits per heavy atom. The number of hydrogen-bond donors (Lipinski definition) is 1. The number of thiophene rings is 1. The van der Waals surface area contributed by atoms with Crippen molar-refractivity contribution < 1.29 is 4.79 Å². The molecule has 0 atom stereocenters. The predicted molar refractivity (Wildman–Crippen MR) is 96.3 cm³/mol.